The molecule has 0 aliphatic carbocycles. The number of hydrogen-bond donors (Lipinski definition) is 0. The number of carbonyl (C=O) groups excluding carboxylic acids is 2. The zero-order valence-electron chi connectivity index (χ0n) is 31.4. The number of carbonyl (C=O) groups is 2. The summed E-state index contributed by atoms with van der Waals surface area (Å²) >= 11 is 6.33. The largest absolute Gasteiger partial charge is 0.494 e. The zero-order chi connectivity index (χ0) is 38.7. The van der Waals surface area contributed by atoms with Gasteiger partial charge in [-0.3, -0.25) is 9.98 Å². The van der Waals surface area contributed by atoms with Crippen LogP contribution in [0, 0.1) is 0 Å². The van der Waals surface area contributed by atoms with Gasteiger partial charge in [0, 0.05) is 18.5 Å². The lowest BCUT2D eigenvalue weighted by Crippen LogP contribution is -2.10. The number of nitrogens with zero attached hydrogens (tertiary/aromatic N) is 2. The minimum absolute atomic E-state index is 0.0640. The predicted octanol–water partition coefficient (Wildman–Crippen LogP) is 12.2. The van der Waals surface area contributed by atoms with Crippen LogP contribution in [0.4, 0.5) is 11.4 Å². The lowest BCUT2D eigenvalue weighted by molar-refractivity contribution is 0.0733. The second-order valence-electron chi connectivity index (χ2n) is 12.9. The van der Waals surface area contributed by atoms with Crippen LogP contribution in [-0.2, 0) is 0 Å². The van der Waals surface area contributed by atoms with E-state index in [1.165, 1.54) is 56.7 Å². The summed E-state index contributed by atoms with van der Waals surface area (Å²) in [5, 5.41) is 0.193. The molecule has 0 saturated carbocycles. The number of unbranched alkanes of at least 4 members (excludes halogenated alkanes) is 6. The zero-order valence-corrected chi connectivity index (χ0v) is 32.2. The van der Waals surface area contributed by atoms with Gasteiger partial charge in [-0.1, -0.05) is 88.2 Å². The monoisotopic (exact) mass is 758 g/mol. The van der Waals surface area contributed by atoms with E-state index in [1.54, 1.807) is 61.0 Å². The van der Waals surface area contributed by atoms with Crippen molar-refractivity contribution in [2.24, 2.45) is 9.98 Å². The first-order valence-electron chi connectivity index (χ1n) is 18.9. The molecule has 0 amide bonds. The van der Waals surface area contributed by atoms with Crippen LogP contribution in [0.1, 0.15) is 97.1 Å². The fraction of sp³-hybridized carbons (Fsp3) is 0.261. The first kappa shape index (κ1) is 40.5. The molecular weight excluding hydrogens is 712 g/mol. The maximum Gasteiger partial charge on any atom is 0.343 e. The predicted molar refractivity (Wildman–Crippen MR) is 221 cm³/mol. The molecule has 9 heteroatoms. The van der Waals surface area contributed by atoms with Gasteiger partial charge in [-0.05, 0) is 109 Å². The number of halogens is 1. The van der Waals surface area contributed by atoms with Crippen LogP contribution in [0.5, 0.6) is 23.0 Å². The maximum atomic E-state index is 13.0. The third-order valence-corrected chi connectivity index (χ3v) is 8.85. The third kappa shape index (κ3) is 13.6. The molecule has 5 rings (SSSR count). The summed E-state index contributed by atoms with van der Waals surface area (Å²) in [5.74, 6) is 0.704. The van der Waals surface area contributed by atoms with Crippen molar-refractivity contribution in [3.63, 3.8) is 0 Å². The highest BCUT2D eigenvalue weighted by atomic mass is 35.5. The first-order chi connectivity index (χ1) is 26.9. The number of benzene rings is 5. The van der Waals surface area contributed by atoms with Gasteiger partial charge in [0.1, 0.15) is 17.2 Å². The fourth-order valence-electron chi connectivity index (χ4n) is 5.35. The second-order valence-corrected chi connectivity index (χ2v) is 13.3. The Labute approximate surface area is 328 Å². The van der Waals surface area contributed by atoms with Crippen LogP contribution in [0.2, 0.25) is 5.02 Å². The number of esters is 2. The van der Waals surface area contributed by atoms with Gasteiger partial charge in [0.15, 0.2) is 5.75 Å². The second kappa shape index (κ2) is 21.8. The van der Waals surface area contributed by atoms with Gasteiger partial charge < -0.3 is 18.9 Å². The Morgan fingerprint density at radius 1 is 0.527 bits per heavy atom. The SMILES string of the molecule is CCCCCCOc1ccc(/N=C/c2ccc(C(=O)Oc3ccc(Cl)c(OC(=O)c4ccc(/C=N/c5ccc(OCCCCCC)cc5)cc4)c3)cc2)cc1. The highest BCUT2D eigenvalue weighted by Gasteiger charge is 2.15. The molecule has 0 atom stereocenters. The van der Waals surface area contributed by atoms with E-state index in [9.17, 15) is 9.59 Å². The summed E-state index contributed by atoms with van der Waals surface area (Å²) in [7, 11) is 0. The molecule has 0 spiro atoms. The van der Waals surface area contributed by atoms with Crippen LogP contribution in [0.15, 0.2) is 125 Å². The van der Waals surface area contributed by atoms with E-state index in [0.717, 1.165) is 46.8 Å². The van der Waals surface area contributed by atoms with Gasteiger partial charge in [-0.25, -0.2) is 9.59 Å². The van der Waals surface area contributed by atoms with E-state index < -0.39 is 11.9 Å². The van der Waals surface area contributed by atoms with Gasteiger partial charge in [0.25, 0.3) is 0 Å². The molecule has 0 bridgehead atoms. The lowest BCUT2D eigenvalue weighted by atomic mass is 10.1. The van der Waals surface area contributed by atoms with Crippen LogP contribution in [0.3, 0.4) is 0 Å². The fourth-order valence-corrected chi connectivity index (χ4v) is 5.51. The Kier molecular flexibility index (Phi) is 16.1. The van der Waals surface area contributed by atoms with Crippen LogP contribution >= 0.6 is 11.6 Å². The topological polar surface area (TPSA) is 95.8 Å². The van der Waals surface area contributed by atoms with Crippen molar-refractivity contribution in [3.8, 4) is 23.0 Å². The molecule has 0 heterocycles. The number of rotatable bonds is 20. The van der Waals surface area contributed by atoms with E-state index in [-0.39, 0.29) is 16.5 Å². The summed E-state index contributed by atoms with van der Waals surface area (Å²) < 4.78 is 22.7. The molecule has 284 valence electrons. The van der Waals surface area contributed by atoms with E-state index >= 15 is 0 Å². The Bertz CT molecular complexity index is 2010. The van der Waals surface area contributed by atoms with Gasteiger partial charge in [0.2, 0.25) is 0 Å². The van der Waals surface area contributed by atoms with Gasteiger partial charge in [0.05, 0.1) is 40.7 Å². The molecule has 55 heavy (non-hydrogen) atoms. The van der Waals surface area contributed by atoms with E-state index in [1.807, 2.05) is 48.5 Å². The van der Waals surface area contributed by atoms with E-state index in [4.69, 9.17) is 30.5 Å². The molecule has 0 unspecified atom stereocenters. The van der Waals surface area contributed by atoms with Crippen molar-refractivity contribution >= 4 is 47.3 Å². The summed E-state index contributed by atoms with van der Waals surface area (Å²) in [6.07, 6.45) is 12.7. The third-order valence-electron chi connectivity index (χ3n) is 8.54. The maximum absolute atomic E-state index is 13.0. The molecule has 0 radical (unpaired) electrons. The van der Waals surface area contributed by atoms with E-state index in [0.29, 0.717) is 24.3 Å². The van der Waals surface area contributed by atoms with Gasteiger partial charge in [-0.2, -0.15) is 0 Å². The number of hydrogen-bond acceptors (Lipinski definition) is 8. The Hall–Kier alpha value is -5.73. The molecule has 8 nitrogen and oxygen atoms in total. The Morgan fingerprint density at radius 2 is 0.964 bits per heavy atom. The molecule has 0 aliphatic heterocycles. The summed E-state index contributed by atoms with van der Waals surface area (Å²) in [6, 6.07) is 33.4. The molecule has 0 saturated heterocycles. The smallest absolute Gasteiger partial charge is 0.343 e. The lowest BCUT2D eigenvalue weighted by Gasteiger charge is -2.10. The average molecular weight is 759 g/mol. The van der Waals surface area contributed by atoms with Crippen LogP contribution in [0.25, 0.3) is 0 Å². The molecule has 0 aromatic heterocycles. The quantitative estimate of drug-likeness (QED) is 0.0339. The van der Waals surface area contributed by atoms with Gasteiger partial charge >= 0.3 is 11.9 Å². The normalized spacial score (nSPS) is 11.2. The molecule has 0 fully saturated rings. The van der Waals surface area contributed by atoms with Crippen LogP contribution in [-0.4, -0.2) is 37.6 Å². The number of aliphatic imine (C=N–C) groups is 2. The van der Waals surface area contributed by atoms with Crippen molar-refractivity contribution in [3.05, 3.63) is 143 Å². The van der Waals surface area contributed by atoms with Crippen molar-refractivity contribution < 1.29 is 28.5 Å². The van der Waals surface area contributed by atoms with Gasteiger partial charge in [-0.15, -0.1) is 0 Å². The average Bonchev–Trinajstić information content (AvgIpc) is 3.21. The standard InChI is InChI=1S/C46H47ClN2O6/c1-3-5-7-9-29-52-40-23-19-38(20-24-40)48-32-34-11-15-36(16-12-34)45(50)54-42-27-28-43(47)44(31-42)55-46(51)37-17-13-35(14-18-37)33-49-39-21-25-41(26-22-39)53-30-10-8-6-4-2/h11-28,31-33H,3-10,29-30H2,1-2H3/b48-32+,49-33+. The highest BCUT2D eigenvalue weighted by Crippen LogP contribution is 2.30. The summed E-state index contributed by atoms with van der Waals surface area (Å²) in [4.78, 5) is 35.0. The number of ether oxygens (including phenoxy) is 4. The molecule has 0 aliphatic rings. The molecule has 5 aromatic carbocycles. The molecule has 0 N–H and O–H groups in total. The minimum Gasteiger partial charge on any atom is -0.494 e. The van der Waals surface area contributed by atoms with Crippen molar-refractivity contribution in [2.75, 3.05) is 13.2 Å². The summed E-state index contributed by atoms with van der Waals surface area (Å²) in [5.41, 5.74) is 3.87. The minimum atomic E-state index is -0.613. The van der Waals surface area contributed by atoms with Crippen molar-refractivity contribution in [1.82, 2.24) is 0 Å². The van der Waals surface area contributed by atoms with E-state index in [2.05, 4.69) is 23.8 Å². The Morgan fingerprint density at radius 3 is 1.42 bits per heavy atom. The molecular formula is C46H47ClN2O6. The van der Waals surface area contributed by atoms with Crippen LogP contribution < -0.4 is 18.9 Å². The van der Waals surface area contributed by atoms with Crippen molar-refractivity contribution in [2.45, 2.75) is 65.2 Å². The Balaban J connectivity index is 1.09. The first-order valence-corrected chi connectivity index (χ1v) is 19.3. The molecule has 5 aromatic rings. The van der Waals surface area contributed by atoms with Crippen molar-refractivity contribution in [1.29, 1.82) is 0 Å². The summed E-state index contributed by atoms with van der Waals surface area (Å²) in [6.45, 7) is 5.80. The highest BCUT2D eigenvalue weighted by molar-refractivity contribution is 6.32.